The van der Waals surface area contributed by atoms with E-state index in [1.807, 2.05) is 13.0 Å². The van der Waals surface area contributed by atoms with E-state index in [4.69, 9.17) is 5.73 Å². The lowest BCUT2D eigenvalue weighted by Crippen LogP contribution is -2.24. The SMILES string of the molecule is CCNc1ccc(N)c2c1C=CN(O)N2. The van der Waals surface area contributed by atoms with Crippen molar-refractivity contribution in [1.82, 2.24) is 5.17 Å². The van der Waals surface area contributed by atoms with Gasteiger partial charge in [0, 0.05) is 17.8 Å². The Labute approximate surface area is 88.1 Å². The molecule has 1 aliphatic heterocycles. The lowest BCUT2D eigenvalue weighted by molar-refractivity contribution is -0.0140. The van der Waals surface area contributed by atoms with Crippen molar-refractivity contribution in [2.45, 2.75) is 6.92 Å². The Balaban J connectivity index is 2.48. The summed E-state index contributed by atoms with van der Waals surface area (Å²) in [6.07, 6.45) is 3.34. The van der Waals surface area contributed by atoms with Gasteiger partial charge in [-0.2, -0.15) is 5.17 Å². The number of benzene rings is 1. The van der Waals surface area contributed by atoms with Crippen LogP contribution in [-0.2, 0) is 0 Å². The number of hydrazine groups is 1. The molecule has 2 rings (SSSR count). The van der Waals surface area contributed by atoms with Crippen LogP contribution in [-0.4, -0.2) is 16.9 Å². The Morgan fingerprint density at radius 1 is 1.53 bits per heavy atom. The highest BCUT2D eigenvalue weighted by Gasteiger charge is 2.14. The summed E-state index contributed by atoms with van der Waals surface area (Å²) in [5.74, 6) is 0. The minimum atomic E-state index is 0.607. The van der Waals surface area contributed by atoms with Crippen LogP contribution in [0.4, 0.5) is 17.1 Å². The predicted octanol–water partition coefficient (Wildman–Crippen LogP) is 1.70. The third kappa shape index (κ3) is 1.69. The average molecular weight is 206 g/mol. The van der Waals surface area contributed by atoms with Crippen LogP contribution in [0.25, 0.3) is 6.08 Å². The van der Waals surface area contributed by atoms with Gasteiger partial charge in [-0.3, -0.25) is 10.6 Å². The van der Waals surface area contributed by atoms with E-state index in [1.54, 1.807) is 12.1 Å². The van der Waals surface area contributed by atoms with E-state index in [2.05, 4.69) is 10.7 Å². The topological polar surface area (TPSA) is 73.5 Å². The molecule has 0 saturated carbocycles. The number of nitrogens with zero attached hydrogens (tertiary/aromatic N) is 1. The Bertz CT molecular complexity index is 403. The molecule has 1 aromatic rings. The molecular weight excluding hydrogens is 192 g/mol. The number of nitrogens with two attached hydrogens (primary N) is 1. The summed E-state index contributed by atoms with van der Waals surface area (Å²) in [6, 6.07) is 3.73. The normalized spacial score (nSPS) is 13.3. The molecule has 0 unspecified atom stereocenters. The van der Waals surface area contributed by atoms with Crippen LogP contribution in [0.5, 0.6) is 0 Å². The largest absolute Gasteiger partial charge is 0.397 e. The highest BCUT2D eigenvalue weighted by molar-refractivity contribution is 5.86. The van der Waals surface area contributed by atoms with Crippen molar-refractivity contribution >= 4 is 23.1 Å². The number of rotatable bonds is 2. The van der Waals surface area contributed by atoms with Gasteiger partial charge < -0.3 is 11.1 Å². The number of nitrogen functional groups attached to an aromatic ring is 1. The maximum absolute atomic E-state index is 9.26. The maximum atomic E-state index is 9.26. The zero-order valence-corrected chi connectivity index (χ0v) is 8.49. The Kier molecular flexibility index (Phi) is 2.39. The second-order valence-corrected chi connectivity index (χ2v) is 3.29. The third-order valence-electron chi connectivity index (χ3n) is 2.25. The van der Waals surface area contributed by atoms with Gasteiger partial charge in [0.25, 0.3) is 0 Å². The van der Waals surface area contributed by atoms with Gasteiger partial charge in [0.15, 0.2) is 0 Å². The summed E-state index contributed by atoms with van der Waals surface area (Å²) < 4.78 is 0. The summed E-state index contributed by atoms with van der Waals surface area (Å²) in [4.78, 5) is 0. The average Bonchev–Trinajstić information content (AvgIpc) is 2.23. The van der Waals surface area contributed by atoms with Crippen LogP contribution in [0.1, 0.15) is 12.5 Å². The fraction of sp³-hybridized carbons (Fsp3) is 0.200. The molecule has 0 atom stereocenters. The molecule has 0 aromatic heterocycles. The molecule has 0 radical (unpaired) electrons. The fourth-order valence-corrected chi connectivity index (χ4v) is 1.58. The van der Waals surface area contributed by atoms with Crippen LogP contribution in [0.2, 0.25) is 0 Å². The van der Waals surface area contributed by atoms with Crippen molar-refractivity contribution < 1.29 is 5.21 Å². The van der Waals surface area contributed by atoms with Gasteiger partial charge in [0.05, 0.1) is 17.6 Å². The molecule has 0 amide bonds. The Hall–Kier alpha value is -1.88. The van der Waals surface area contributed by atoms with Crippen molar-refractivity contribution in [3.63, 3.8) is 0 Å². The van der Waals surface area contributed by atoms with E-state index in [1.165, 1.54) is 6.20 Å². The second kappa shape index (κ2) is 3.70. The highest BCUT2D eigenvalue weighted by atomic mass is 16.5. The van der Waals surface area contributed by atoms with Crippen LogP contribution < -0.4 is 16.5 Å². The van der Waals surface area contributed by atoms with Gasteiger partial charge in [-0.15, -0.1) is 0 Å². The maximum Gasteiger partial charge on any atom is 0.0888 e. The van der Waals surface area contributed by atoms with E-state index in [0.717, 1.165) is 28.7 Å². The second-order valence-electron chi connectivity index (χ2n) is 3.29. The number of anilines is 3. The Morgan fingerprint density at radius 2 is 2.33 bits per heavy atom. The number of nitrogens with one attached hydrogen (secondary N) is 2. The summed E-state index contributed by atoms with van der Waals surface area (Å²) in [5, 5.41) is 13.4. The number of fused-ring (bicyclic) bond motifs is 1. The van der Waals surface area contributed by atoms with E-state index < -0.39 is 0 Å². The minimum absolute atomic E-state index is 0.607. The number of hydroxylamine groups is 1. The van der Waals surface area contributed by atoms with E-state index in [9.17, 15) is 5.21 Å². The first-order chi connectivity index (χ1) is 7.22. The summed E-state index contributed by atoms with van der Waals surface area (Å²) in [7, 11) is 0. The minimum Gasteiger partial charge on any atom is -0.397 e. The van der Waals surface area contributed by atoms with Crippen LogP contribution >= 0.6 is 0 Å². The standard InChI is InChI=1S/C10H14N4O/c1-2-12-9-4-3-8(11)10-7(9)5-6-14(15)13-10/h3-6,12-13,15H,2,11H2,1H3. The third-order valence-corrected chi connectivity index (χ3v) is 2.25. The molecule has 15 heavy (non-hydrogen) atoms. The summed E-state index contributed by atoms with van der Waals surface area (Å²) >= 11 is 0. The van der Waals surface area contributed by atoms with E-state index >= 15 is 0 Å². The van der Waals surface area contributed by atoms with Crippen LogP contribution in [0.15, 0.2) is 18.3 Å². The molecule has 80 valence electrons. The van der Waals surface area contributed by atoms with E-state index in [0.29, 0.717) is 5.69 Å². The van der Waals surface area contributed by atoms with Crippen molar-refractivity contribution in [2.75, 3.05) is 23.0 Å². The van der Waals surface area contributed by atoms with Gasteiger partial charge in [0.2, 0.25) is 0 Å². The molecule has 5 N–H and O–H groups in total. The van der Waals surface area contributed by atoms with Gasteiger partial charge >= 0.3 is 0 Å². The van der Waals surface area contributed by atoms with Crippen LogP contribution in [0.3, 0.4) is 0 Å². The molecule has 5 heteroatoms. The molecule has 1 aliphatic rings. The molecule has 0 saturated heterocycles. The molecule has 5 nitrogen and oxygen atoms in total. The molecule has 1 heterocycles. The zero-order chi connectivity index (χ0) is 10.8. The van der Waals surface area contributed by atoms with Gasteiger partial charge in [0.1, 0.15) is 0 Å². The highest BCUT2D eigenvalue weighted by Crippen LogP contribution is 2.34. The van der Waals surface area contributed by atoms with Gasteiger partial charge in [-0.05, 0) is 25.1 Å². The zero-order valence-electron chi connectivity index (χ0n) is 8.49. The monoisotopic (exact) mass is 206 g/mol. The van der Waals surface area contributed by atoms with Gasteiger partial charge in [-0.1, -0.05) is 0 Å². The van der Waals surface area contributed by atoms with Crippen molar-refractivity contribution in [3.8, 4) is 0 Å². The molecule has 0 spiro atoms. The predicted molar refractivity (Wildman–Crippen MR) is 61.3 cm³/mol. The smallest absolute Gasteiger partial charge is 0.0888 e. The van der Waals surface area contributed by atoms with Crippen molar-refractivity contribution in [2.24, 2.45) is 0 Å². The molecule has 0 fully saturated rings. The first kappa shape index (κ1) is 9.67. The summed E-state index contributed by atoms with van der Waals surface area (Å²) in [6.45, 7) is 2.87. The molecule has 1 aromatic carbocycles. The molecule has 0 bridgehead atoms. The molecular formula is C10H14N4O. The summed E-state index contributed by atoms with van der Waals surface area (Å²) in [5.41, 5.74) is 11.9. The van der Waals surface area contributed by atoms with Crippen molar-refractivity contribution in [3.05, 3.63) is 23.9 Å². The number of hydrogen-bond donors (Lipinski definition) is 4. The number of hydrogen-bond acceptors (Lipinski definition) is 5. The Morgan fingerprint density at radius 3 is 3.07 bits per heavy atom. The van der Waals surface area contributed by atoms with E-state index in [-0.39, 0.29) is 0 Å². The van der Waals surface area contributed by atoms with Gasteiger partial charge in [-0.25, -0.2) is 0 Å². The first-order valence-electron chi connectivity index (χ1n) is 4.81. The lowest BCUT2D eigenvalue weighted by Gasteiger charge is -2.24. The molecule has 0 aliphatic carbocycles. The van der Waals surface area contributed by atoms with Crippen LogP contribution in [0, 0.1) is 0 Å². The van der Waals surface area contributed by atoms with Crippen molar-refractivity contribution in [1.29, 1.82) is 0 Å². The fourth-order valence-electron chi connectivity index (χ4n) is 1.58. The lowest BCUT2D eigenvalue weighted by atomic mass is 10.1. The first-order valence-corrected chi connectivity index (χ1v) is 4.81. The quantitative estimate of drug-likeness (QED) is 0.554.